The minimum absolute atomic E-state index is 0.0932. The molecule has 0 saturated heterocycles. The number of hydrogen-bond acceptors (Lipinski definition) is 3. The largest absolute Gasteiger partial charge is 0.391 e. The summed E-state index contributed by atoms with van der Waals surface area (Å²) in [6.45, 7) is -0.0932. The summed E-state index contributed by atoms with van der Waals surface area (Å²) < 4.78 is 0. The summed E-state index contributed by atoms with van der Waals surface area (Å²) in [6, 6.07) is 9.58. The van der Waals surface area contributed by atoms with Gasteiger partial charge in [-0.1, -0.05) is 30.3 Å². The van der Waals surface area contributed by atoms with Crippen LogP contribution in [0.5, 0.6) is 0 Å². The van der Waals surface area contributed by atoms with E-state index in [0.717, 1.165) is 5.56 Å². The third-order valence-corrected chi connectivity index (χ3v) is 2.10. The molecule has 0 bridgehead atoms. The average molecular weight is 174 g/mol. The van der Waals surface area contributed by atoms with Gasteiger partial charge in [-0.15, -0.1) is 0 Å². The molecule has 1 aliphatic rings. The first-order valence-electron chi connectivity index (χ1n) is 4.13. The van der Waals surface area contributed by atoms with Crippen molar-refractivity contribution < 1.29 is 5.11 Å². The van der Waals surface area contributed by atoms with Crippen molar-refractivity contribution in [3.8, 4) is 0 Å². The lowest BCUT2D eigenvalue weighted by Gasteiger charge is -2.20. The average Bonchev–Trinajstić information content (AvgIpc) is 2.69. The fourth-order valence-electron chi connectivity index (χ4n) is 1.37. The SMILES string of the molecule is OCC1(c2ccccc2)N=CC=N1. The molecule has 0 saturated carbocycles. The summed E-state index contributed by atoms with van der Waals surface area (Å²) in [5, 5.41) is 9.24. The van der Waals surface area contributed by atoms with Gasteiger partial charge in [0, 0.05) is 18.0 Å². The van der Waals surface area contributed by atoms with Gasteiger partial charge in [0.1, 0.15) is 0 Å². The summed E-state index contributed by atoms with van der Waals surface area (Å²) in [6.07, 6.45) is 3.23. The van der Waals surface area contributed by atoms with Crippen molar-refractivity contribution in [2.45, 2.75) is 5.66 Å². The van der Waals surface area contributed by atoms with Gasteiger partial charge in [-0.25, -0.2) is 0 Å². The van der Waals surface area contributed by atoms with Crippen LogP contribution in [0.4, 0.5) is 0 Å². The molecule has 1 N–H and O–H groups in total. The van der Waals surface area contributed by atoms with E-state index < -0.39 is 5.66 Å². The summed E-state index contributed by atoms with van der Waals surface area (Å²) in [4.78, 5) is 8.32. The second kappa shape index (κ2) is 3.11. The minimum atomic E-state index is -0.777. The van der Waals surface area contributed by atoms with E-state index >= 15 is 0 Å². The van der Waals surface area contributed by atoms with Crippen LogP contribution >= 0.6 is 0 Å². The highest BCUT2D eigenvalue weighted by atomic mass is 16.3. The molecule has 0 aromatic heterocycles. The van der Waals surface area contributed by atoms with Crippen LogP contribution in [0.1, 0.15) is 5.56 Å². The molecular formula is C10H10N2O. The molecule has 0 spiro atoms. The Bertz CT molecular complexity index is 331. The summed E-state index contributed by atoms with van der Waals surface area (Å²) in [5.41, 5.74) is 0.142. The Hall–Kier alpha value is -1.48. The van der Waals surface area contributed by atoms with Crippen molar-refractivity contribution in [3.63, 3.8) is 0 Å². The molecule has 66 valence electrons. The van der Waals surface area contributed by atoms with Gasteiger partial charge in [0.25, 0.3) is 0 Å². The van der Waals surface area contributed by atoms with E-state index in [1.807, 2.05) is 30.3 Å². The summed E-state index contributed by atoms with van der Waals surface area (Å²) in [7, 11) is 0. The number of hydrogen-bond donors (Lipinski definition) is 1. The highest BCUT2D eigenvalue weighted by Gasteiger charge is 2.30. The zero-order valence-corrected chi connectivity index (χ0v) is 7.09. The van der Waals surface area contributed by atoms with Crippen LogP contribution in [0, 0.1) is 0 Å². The molecule has 13 heavy (non-hydrogen) atoms. The highest BCUT2D eigenvalue weighted by Crippen LogP contribution is 2.28. The van der Waals surface area contributed by atoms with Gasteiger partial charge in [-0.3, -0.25) is 9.98 Å². The quantitative estimate of drug-likeness (QED) is 0.713. The van der Waals surface area contributed by atoms with Crippen LogP contribution in [0.25, 0.3) is 0 Å². The molecule has 1 aliphatic heterocycles. The van der Waals surface area contributed by atoms with E-state index in [1.165, 1.54) is 0 Å². The Morgan fingerprint density at radius 3 is 2.23 bits per heavy atom. The lowest BCUT2D eigenvalue weighted by molar-refractivity contribution is 0.207. The van der Waals surface area contributed by atoms with Gasteiger partial charge in [-0.05, 0) is 0 Å². The molecular weight excluding hydrogens is 164 g/mol. The number of aliphatic hydroxyl groups excluding tert-OH is 1. The molecule has 0 atom stereocenters. The maximum Gasteiger partial charge on any atom is 0.198 e. The molecule has 2 rings (SSSR count). The first-order valence-corrected chi connectivity index (χ1v) is 4.13. The molecule has 0 aliphatic carbocycles. The van der Waals surface area contributed by atoms with Crippen LogP contribution in [-0.4, -0.2) is 24.1 Å². The van der Waals surface area contributed by atoms with Gasteiger partial charge in [0.15, 0.2) is 5.66 Å². The van der Waals surface area contributed by atoms with Gasteiger partial charge >= 0.3 is 0 Å². The van der Waals surface area contributed by atoms with Crippen LogP contribution in [0.2, 0.25) is 0 Å². The van der Waals surface area contributed by atoms with Crippen molar-refractivity contribution in [2.75, 3.05) is 6.61 Å². The molecule has 1 aromatic rings. The van der Waals surface area contributed by atoms with Crippen LogP contribution in [-0.2, 0) is 5.66 Å². The number of aliphatic imine (C=N–C) groups is 2. The highest BCUT2D eigenvalue weighted by molar-refractivity contribution is 6.17. The fraction of sp³-hybridized carbons (Fsp3) is 0.200. The third kappa shape index (κ3) is 1.27. The molecule has 0 radical (unpaired) electrons. The Kier molecular flexibility index (Phi) is 1.94. The van der Waals surface area contributed by atoms with E-state index in [9.17, 15) is 5.11 Å². The van der Waals surface area contributed by atoms with Crippen molar-refractivity contribution in [1.29, 1.82) is 0 Å². The van der Waals surface area contributed by atoms with Gasteiger partial charge in [-0.2, -0.15) is 0 Å². The topological polar surface area (TPSA) is 45.0 Å². The number of nitrogens with zero attached hydrogens (tertiary/aromatic N) is 2. The monoisotopic (exact) mass is 174 g/mol. The van der Waals surface area contributed by atoms with Crippen molar-refractivity contribution in [3.05, 3.63) is 35.9 Å². The molecule has 3 nitrogen and oxygen atoms in total. The van der Waals surface area contributed by atoms with E-state index in [2.05, 4.69) is 9.98 Å². The Morgan fingerprint density at radius 1 is 1.08 bits per heavy atom. The van der Waals surface area contributed by atoms with Crippen molar-refractivity contribution in [2.24, 2.45) is 9.98 Å². The second-order valence-electron chi connectivity index (χ2n) is 2.90. The Labute approximate surface area is 76.5 Å². The van der Waals surface area contributed by atoms with Gasteiger partial charge < -0.3 is 5.11 Å². The maximum atomic E-state index is 9.24. The lowest BCUT2D eigenvalue weighted by Crippen LogP contribution is -2.23. The lowest BCUT2D eigenvalue weighted by atomic mass is 10.0. The number of benzene rings is 1. The standard InChI is InChI=1S/C10H10N2O/c13-8-10(11-6-7-12-10)9-4-2-1-3-5-9/h1-7,13H,8H2. The fourth-order valence-corrected chi connectivity index (χ4v) is 1.37. The van der Waals surface area contributed by atoms with Crippen molar-refractivity contribution in [1.82, 2.24) is 0 Å². The van der Waals surface area contributed by atoms with Crippen LogP contribution in [0.3, 0.4) is 0 Å². The van der Waals surface area contributed by atoms with Gasteiger partial charge in [0.05, 0.1) is 6.61 Å². The first-order chi connectivity index (χ1) is 6.37. The van der Waals surface area contributed by atoms with Crippen molar-refractivity contribution >= 4 is 12.4 Å². The van der Waals surface area contributed by atoms with E-state index in [4.69, 9.17) is 0 Å². The third-order valence-electron chi connectivity index (χ3n) is 2.10. The van der Waals surface area contributed by atoms with E-state index in [-0.39, 0.29) is 6.61 Å². The van der Waals surface area contributed by atoms with Crippen LogP contribution < -0.4 is 0 Å². The predicted octanol–water partition coefficient (Wildman–Crippen LogP) is 0.987. The molecule has 1 heterocycles. The Morgan fingerprint density at radius 2 is 1.69 bits per heavy atom. The zero-order valence-electron chi connectivity index (χ0n) is 7.09. The second-order valence-corrected chi connectivity index (χ2v) is 2.90. The molecule has 0 unspecified atom stereocenters. The smallest absolute Gasteiger partial charge is 0.198 e. The maximum absolute atomic E-state index is 9.24. The minimum Gasteiger partial charge on any atom is -0.391 e. The van der Waals surface area contributed by atoms with Gasteiger partial charge in [0.2, 0.25) is 0 Å². The summed E-state index contributed by atoms with van der Waals surface area (Å²) >= 11 is 0. The number of rotatable bonds is 2. The van der Waals surface area contributed by atoms with Crippen LogP contribution in [0.15, 0.2) is 40.3 Å². The predicted molar refractivity (Wildman–Crippen MR) is 52.2 cm³/mol. The zero-order chi connectivity index (χ0) is 9.15. The summed E-state index contributed by atoms with van der Waals surface area (Å²) in [5.74, 6) is 0. The normalized spacial score (nSPS) is 17.9. The molecule has 1 aromatic carbocycles. The Balaban J connectivity index is 2.44. The van der Waals surface area contributed by atoms with E-state index in [1.54, 1.807) is 12.4 Å². The van der Waals surface area contributed by atoms with E-state index in [0.29, 0.717) is 0 Å². The first kappa shape index (κ1) is 8.13. The molecule has 0 fully saturated rings. The molecule has 0 amide bonds. The number of aliphatic hydroxyl groups is 1. The molecule has 3 heteroatoms.